The molecule has 2 aromatic carbocycles. The number of nitrogens with zero attached hydrogens (tertiary/aromatic N) is 3. The van der Waals surface area contributed by atoms with Crippen molar-refractivity contribution >= 4 is 11.6 Å². The number of hydrogen-bond acceptors (Lipinski definition) is 6. The van der Waals surface area contributed by atoms with Gasteiger partial charge in [-0.15, -0.1) is 0 Å². The zero-order valence-electron chi connectivity index (χ0n) is 21.4. The molecule has 0 bridgehead atoms. The molecule has 3 aromatic rings. The van der Waals surface area contributed by atoms with E-state index in [9.17, 15) is 5.11 Å². The van der Waals surface area contributed by atoms with E-state index < -0.39 is 5.60 Å². The van der Waals surface area contributed by atoms with Crippen LogP contribution in [0.15, 0.2) is 48.8 Å². The Morgan fingerprint density at radius 1 is 1.06 bits per heavy atom. The first-order chi connectivity index (χ1) is 17.4. The molecule has 0 amide bonds. The van der Waals surface area contributed by atoms with Crippen molar-refractivity contribution in [2.24, 2.45) is 0 Å². The summed E-state index contributed by atoms with van der Waals surface area (Å²) >= 11 is 6.23. The summed E-state index contributed by atoms with van der Waals surface area (Å²) in [7, 11) is 1.67. The zero-order chi connectivity index (χ0) is 25.5. The number of aliphatic hydroxyl groups is 1. The lowest BCUT2D eigenvalue weighted by atomic mass is 9.92. The number of halogens is 1. The zero-order valence-corrected chi connectivity index (χ0v) is 22.1. The number of likely N-dealkylation sites (tertiary alicyclic amines) is 1. The standard InChI is InChI=1S/C28H36ClN3O4/c1-4-27-30-11-14-32(27)15-16-35-24-8-6-22(18-26(24)34-3)19-31-12-9-28(33,10-13-31)20-36-25-17-21(2)5-7-23(25)29/h5-8,11,14,17-18,33H,4,9-10,12-13,15-16,19-20H2,1-3H3. The minimum Gasteiger partial charge on any atom is -0.493 e. The molecule has 1 fully saturated rings. The molecular formula is C28H36ClN3O4. The topological polar surface area (TPSA) is 69.0 Å². The van der Waals surface area contributed by atoms with Crippen LogP contribution >= 0.6 is 11.6 Å². The lowest BCUT2D eigenvalue weighted by Gasteiger charge is -2.38. The molecule has 8 heteroatoms. The quantitative estimate of drug-likeness (QED) is 0.393. The third kappa shape index (κ3) is 6.72. The molecule has 0 spiro atoms. The van der Waals surface area contributed by atoms with Crippen molar-refractivity contribution < 1.29 is 19.3 Å². The molecule has 7 nitrogen and oxygen atoms in total. The lowest BCUT2D eigenvalue weighted by Crippen LogP contribution is -2.47. The highest BCUT2D eigenvalue weighted by molar-refractivity contribution is 6.32. The Balaban J connectivity index is 1.27. The second kappa shape index (κ2) is 12.0. The van der Waals surface area contributed by atoms with Crippen LogP contribution in [-0.2, 0) is 19.5 Å². The number of ether oxygens (including phenoxy) is 3. The van der Waals surface area contributed by atoms with Crippen LogP contribution in [0.4, 0.5) is 0 Å². The van der Waals surface area contributed by atoms with Gasteiger partial charge in [-0.1, -0.05) is 30.7 Å². The molecule has 1 aliphatic rings. The summed E-state index contributed by atoms with van der Waals surface area (Å²) in [6, 6.07) is 11.8. The summed E-state index contributed by atoms with van der Waals surface area (Å²) in [5.74, 6) is 3.14. The van der Waals surface area contributed by atoms with Gasteiger partial charge in [-0.05, 0) is 55.2 Å². The number of aromatic nitrogens is 2. The summed E-state index contributed by atoms with van der Waals surface area (Å²) in [4.78, 5) is 6.69. The van der Waals surface area contributed by atoms with E-state index in [1.54, 1.807) is 7.11 Å². The molecule has 2 heterocycles. The number of methoxy groups -OCH3 is 1. The van der Waals surface area contributed by atoms with Gasteiger partial charge in [-0.3, -0.25) is 4.90 Å². The fourth-order valence-corrected chi connectivity index (χ4v) is 4.68. The fourth-order valence-electron chi connectivity index (χ4n) is 4.50. The molecule has 194 valence electrons. The number of hydrogen-bond donors (Lipinski definition) is 1. The average Bonchev–Trinajstić information content (AvgIpc) is 3.34. The Kier molecular flexibility index (Phi) is 8.77. The maximum atomic E-state index is 11.0. The molecule has 1 aromatic heterocycles. The van der Waals surface area contributed by atoms with Crippen molar-refractivity contribution in [3.05, 3.63) is 70.8 Å². The van der Waals surface area contributed by atoms with E-state index in [2.05, 4.69) is 27.4 Å². The molecule has 1 N–H and O–H groups in total. The number of rotatable bonds is 11. The normalized spacial score (nSPS) is 15.6. The molecule has 36 heavy (non-hydrogen) atoms. The Labute approximate surface area is 218 Å². The highest BCUT2D eigenvalue weighted by atomic mass is 35.5. The van der Waals surface area contributed by atoms with E-state index in [0.29, 0.717) is 30.2 Å². The third-order valence-corrected chi connectivity index (χ3v) is 7.02. The van der Waals surface area contributed by atoms with Gasteiger partial charge in [0.15, 0.2) is 11.5 Å². The molecule has 0 atom stereocenters. The first kappa shape index (κ1) is 26.3. The van der Waals surface area contributed by atoms with Crippen molar-refractivity contribution in [2.45, 2.75) is 51.8 Å². The minimum absolute atomic E-state index is 0.239. The largest absolute Gasteiger partial charge is 0.493 e. The maximum absolute atomic E-state index is 11.0. The van der Waals surface area contributed by atoms with E-state index >= 15 is 0 Å². The number of piperidine rings is 1. The van der Waals surface area contributed by atoms with E-state index in [-0.39, 0.29) is 6.61 Å². The van der Waals surface area contributed by atoms with Gasteiger partial charge >= 0.3 is 0 Å². The summed E-state index contributed by atoms with van der Waals surface area (Å²) in [6.07, 6.45) is 5.98. The summed E-state index contributed by atoms with van der Waals surface area (Å²) in [5.41, 5.74) is 1.37. The summed E-state index contributed by atoms with van der Waals surface area (Å²) < 4.78 is 19.6. The number of benzene rings is 2. The second-order valence-electron chi connectivity index (χ2n) is 9.45. The van der Waals surface area contributed by atoms with Gasteiger partial charge in [0.2, 0.25) is 0 Å². The first-order valence-electron chi connectivity index (χ1n) is 12.5. The summed E-state index contributed by atoms with van der Waals surface area (Å²) in [6.45, 7) is 7.96. The SMILES string of the molecule is CCc1nccn1CCOc1ccc(CN2CCC(O)(COc3cc(C)ccc3Cl)CC2)cc1OC. The monoisotopic (exact) mass is 513 g/mol. The number of imidazole rings is 1. The van der Waals surface area contributed by atoms with E-state index in [4.69, 9.17) is 25.8 Å². The number of aryl methyl sites for hydroxylation is 2. The average molecular weight is 514 g/mol. The van der Waals surface area contributed by atoms with Gasteiger partial charge < -0.3 is 23.9 Å². The maximum Gasteiger partial charge on any atom is 0.161 e. The van der Waals surface area contributed by atoms with Gasteiger partial charge in [-0.25, -0.2) is 4.98 Å². The molecule has 1 aliphatic heterocycles. The van der Waals surface area contributed by atoms with Crippen LogP contribution in [-0.4, -0.2) is 58.6 Å². The predicted octanol–water partition coefficient (Wildman–Crippen LogP) is 4.90. The van der Waals surface area contributed by atoms with Gasteiger partial charge in [0, 0.05) is 38.4 Å². The molecule has 0 aliphatic carbocycles. The first-order valence-corrected chi connectivity index (χ1v) is 12.9. The van der Waals surface area contributed by atoms with Crippen molar-refractivity contribution in [1.82, 2.24) is 14.5 Å². The fraction of sp³-hybridized carbons (Fsp3) is 0.464. The van der Waals surface area contributed by atoms with Crippen molar-refractivity contribution in [3.8, 4) is 17.2 Å². The highest BCUT2D eigenvalue weighted by Crippen LogP contribution is 2.31. The van der Waals surface area contributed by atoms with Crippen LogP contribution in [0.2, 0.25) is 5.02 Å². The van der Waals surface area contributed by atoms with Crippen LogP contribution in [0, 0.1) is 6.92 Å². The Morgan fingerprint density at radius 3 is 2.61 bits per heavy atom. The van der Waals surface area contributed by atoms with E-state index in [0.717, 1.165) is 61.1 Å². The smallest absolute Gasteiger partial charge is 0.161 e. The predicted molar refractivity (Wildman–Crippen MR) is 141 cm³/mol. The Hall–Kier alpha value is -2.74. The highest BCUT2D eigenvalue weighted by Gasteiger charge is 2.33. The molecule has 4 rings (SSSR count). The second-order valence-corrected chi connectivity index (χ2v) is 9.85. The minimum atomic E-state index is -0.855. The molecule has 0 radical (unpaired) electrons. The van der Waals surface area contributed by atoms with Crippen LogP contribution in [0.5, 0.6) is 17.2 Å². The Bertz CT molecular complexity index is 1140. The lowest BCUT2D eigenvalue weighted by molar-refractivity contribution is -0.0537. The van der Waals surface area contributed by atoms with E-state index in [1.165, 1.54) is 0 Å². The van der Waals surface area contributed by atoms with E-state index in [1.807, 2.05) is 49.6 Å². The van der Waals surface area contributed by atoms with Gasteiger partial charge in [-0.2, -0.15) is 0 Å². The van der Waals surface area contributed by atoms with Gasteiger partial charge in [0.1, 0.15) is 30.4 Å². The summed E-state index contributed by atoms with van der Waals surface area (Å²) in [5, 5.41) is 11.6. The van der Waals surface area contributed by atoms with Crippen LogP contribution in [0.25, 0.3) is 0 Å². The van der Waals surface area contributed by atoms with Crippen LogP contribution < -0.4 is 14.2 Å². The van der Waals surface area contributed by atoms with Gasteiger partial charge in [0.05, 0.1) is 18.7 Å². The molecule has 0 unspecified atom stereocenters. The van der Waals surface area contributed by atoms with Crippen molar-refractivity contribution in [3.63, 3.8) is 0 Å². The molecule has 0 saturated carbocycles. The van der Waals surface area contributed by atoms with Crippen molar-refractivity contribution in [2.75, 3.05) is 33.4 Å². The molecular weight excluding hydrogens is 478 g/mol. The van der Waals surface area contributed by atoms with Crippen LogP contribution in [0.3, 0.4) is 0 Å². The Morgan fingerprint density at radius 2 is 1.86 bits per heavy atom. The van der Waals surface area contributed by atoms with Crippen molar-refractivity contribution in [1.29, 1.82) is 0 Å². The molecule has 1 saturated heterocycles. The van der Waals surface area contributed by atoms with Gasteiger partial charge in [0.25, 0.3) is 0 Å². The van der Waals surface area contributed by atoms with Crippen LogP contribution in [0.1, 0.15) is 36.7 Å². The third-order valence-electron chi connectivity index (χ3n) is 6.71.